The van der Waals surface area contributed by atoms with E-state index in [9.17, 15) is 4.21 Å². The first kappa shape index (κ1) is 43.0. The van der Waals surface area contributed by atoms with Crippen molar-refractivity contribution in [3.05, 3.63) is 47.5 Å². The Balaban J connectivity index is 0.000000872. The van der Waals surface area contributed by atoms with Crippen LogP contribution in [0.1, 0.15) is 114 Å². The minimum absolute atomic E-state index is 0. The SMILES string of the molecule is CC(C)Oc1ccc(CC[C@@H](C)N)cc1OC(C)C.CC(C)Oc1ccc(CC[C@@H](C)N[S@](=O)C(C)(C)C)cc1OC(C)C.Cl. The lowest BCUT2D eigenvalue weighted by Crippen LogP contribution is -2.38. The largest absolute Gasteiger partial charge is 0.487 e. The predicted molar refractivity (Wildman–Crippen MR) is 194 cm³/mol. The summed E-state index contributed by atoms with van der Waals surface area (Å²) in [5.74, 6) is 3.21. The summed E-state index contributed by atoms with van der Waals surface area (Å²) in [7, 11) is -1.04. The molecule has 0 radical (unpaired) electrons. The molecule has 2 aromatic rings. The molecule has 3 N–H and O–H groups in total. The number of nitrogens with two attached hydrogens (primary N) is 1. The zero-order valence-corrected chi connectivity index (χ0v) is 31.8. The summed E-state index contributed by atoms with van der Waals surface area (Å²) in [5, 5.41) is 0. The van der Waals surface area contributed by atoms with Crippen molar-refractivity contribution >= 4 is 23.4 Å². The third-order valence-corrected chi connectivity index (χ3v) is 7.81. The van der Waals surface area contributed by atoms with Gasteiger partial charge >= 0.3 is 0 Å². The Morgan fingerprint density at radius 1 is 0.644 bits per heavy atom. The smallest absolute Gasteiger partial charge is 0.161 e. The molecule has 3 atom stereocenters. The predicted octanol–water partition coefficient (Wildman–Crippen LogP) is 8.60. The molecule has 45 heavy (non-hydrogen) atoms. The van der Waals surface area contributed by atoms with Gasteiger partial charge in [-0.05, 0) is 151 Å². The molecule has 0 aromatic heterocycles. The molecule has 7 nitrogen and oxygen atoms in total. The Morgan fingerprint density at radius 3 is 1.33 bits per heavy atom. The normalized spacial score (nSPS) is 13.6. The van der Waals surface area contributed by atoms with E-state index in [1.165, 1.54) is 11.1 Å². The summed E-state index contributed by atoms with van der Waals surface area (Å²) in [6.07, 6.45) is 4.23. The number of halogens is 1. The maximum absolute atomic E-state index is 12.2. The van der Waals surface area contributed by atoms with Crippen LogP contribution in [0.4, 0.5) is 0 Å². The van der Waals surface area contributed by atoms with Gasteiger partial charge in [0.15, 0.2) is 23.0 Å². The van der Waals surface area contributed by atoms with E-state index in [0.717, 1.165) is 48.7 Å². The van der Waals surface area contributed by atoms with Gasteiger partial charge in [-0.15, -0.1) is 12.4 Å². The molecule has 0 aliphatic rings. The highest BCUT2D eigenvalue weighted by atomic mass is 35.5. The van der Waals surface area contributed by atoms with Crippen LogP contribution in [0.2, 0.25) is 0 Å². The molecule has 0 bridgehead atoms. The highest BCUT2D eigenvalue weighted by Crippen LogP contribution is 2.32. The lowest BCUT2D eigenvalue weighted by molar-refractivity contribution is 0.198. The van der Waals surface area contributed by atoms with Crippen LogP contribution in [0.15, 0.2) is 36.4 Å². The van der Waals surface area contributed by atoms with E-state index in [1.807, 2.05) is 95.2 Å². The van der Waals surface area contributed by atoms with Crippen molar-refractivity contribution in [2.45, 2.75) is 157 Å². The van der Waals surface area contributed by atoms with E-state index in [1.54, 1.807) is 0 Å². The van der Waals surface area contributed by atoms with Crippen LogP contribution in [-0.4, -0.2) is 45.5 Å². The molecular weight excluding hydrogens is 608 g/mol. The number of hydrogen-bond acceptors (Lipinski definition) is 6. The Morgan fingerprint density at radius 2 is 1.00 bits per heavy atom. The number of hydrogen-bond donors (Lipinski definition) is 2. The molecule has 0 fully saturated rings. The van der Waals surface area contributed by atoms with E-state index >= 15 is 0 Å². The van der Waals surface area contributed by atoms with Gasteiger partial charge in [0.25, 0.3) is 0 Å². The highest BCUT2D eigenvalue weighted by Gasteiger charge is 2.21. The van der Waals surface area contributed by atoms with Crippen LogP contribution in [-0.2, 0) is 23.8 Å². The quantitative estimate of drug-likeness (QED) is 0.186. The van der Waals surface area contributed by atoms with Crippen molar-refractivity contribution < 1.29 is 23.2 Å². The van der Waals surface area contributed by atoms with E-state index in [0.29, 0.717) is 0 Å². The molecule has 0 aliphatic heterocycles. The van der Waals surface area contributed by atoms with Crippen LogP contribution >= 0.6 is 12.4 Å². The summed E-state index contributed by atoms with van der Waals surface area (Å²) in [6, 6.07) is 12.7. The Kier molecular flexibility index (Phi) is 20.1. The van der Waals surface area contributed by atoms with Crippen LogP contribution in [0.3, 0.4) is 0 Å². The first-order valence-corrected chi connectivity index (χ1v) is 17.4. The topological polar surface area (TPSA) is 92.0 Å². The second kappa shape index (κ2) is 21.0. The molecule has 0 saturated heterocycles. The molecule has 0 spiro atoms. The standard InChI is InChI=1S/C20H35NO3S.C16H27NO2.ClH/c1-14(2)23-18-12-11-17(13-19(18)24-15(3)4)10-9-16(5)21-25(22)20(6,7)8;1-11(2)18-15-9-8-14(7-6-13(5)17)10-16(15)19-12(3)4;/h11-16,21H,9-10H2,1-8H3;8-13H,6-7,17H2,1-5H3;1H/t16-,25-;13-;/m11./s1. The van der Waals surface area contributed by atoms with Crippen molar-refractivity contribution in [2.24, 2.45) is 5.73 Å². The molecule has 9 heteroatoms. The van der Waals surface area contributed by atoms with Crippen molar-refractivity contribution in [3.63, 3.8) is 0 Å². The Labute approximate surface area is 283 Å². The van der Waals surface area contributed by atoms with E-state index in [-0.39, 0.29) is 53.7 Å². The fourth-order valence-corrected chi connectivity index (χ4v) is 4.84. The van der Waals surface area contributed by atoms with Crippen molar-refractivity contribution in [1.82, 2.24) is 4.72 Å². The van der Waals surface area contributed by atoms with E-state index < -0.39 is 11.0 Å². The molecular formula is C36H63ClN2O5S. The van der Waals surface area contributed by atoms with E-state index in [4.69, 9.17) is 24.7 Å². The van der Waals surface area contributed by atoms with Gasteiger partial charge in [0.1, 0.15) is 0 Å². The molecule has 2 rings (SSSR count). The van der Waals surface area contributed by atoms with Crippen LogP contribution in [0.5, 0.6) is 23.0 Å². The first-order chi connectivity index (χ1) is 20.4. The Bertz CT molecular complexity index is 1130. The van der Waals surface area contributed by atoms with Crippen molar-refractivity contribution in [3.8, 4) is 23.0 Å². The molecule has 260 valence electrons. The maximum atomic E-state index is 12.2. The minimum Gasteiger partial charge on any atom is -0.487 e. The summed E-state index contributed by atoms with van der Waals surface area (Å²) in [5.41, 5.74) is 8.24. The molecule has 0 heterocycles. The van der Waals surface area contributed by atoms with Gasteiger partial charge in [0.2, 0.25) is 0 Å². The maximum Gasteiger partial charge on any atom is 0.161 e. The van der Waals surface area contributed by atoms with Gasteiger partial charge < -0.3 is 24.7 Å². The fourth-order valence-electron chi connectivity index (χ4n) is 4.01. The average Bonchev–Trinajstić information content (AvgIpc) is 2.87. The van der Waals surface area contributed by atoms with Gasteiger partial charge in [-0.2, -0.15) is 0 Å². The van der Waals surface area contributed by atoms with Gasteiger partial charge in [0, 0.05) is 12.1 Å². The highest BCUT2D eigenvalue weighted by molar-refractivity contribution is 7.84. The zero-order chi connectivity index (χ0) is 33.6. The molecule has 0 saturated carbocycles. The molecule has 0 unspecified atom stereocenters. The Hall–Kier alpha value is -2.00. The lowest BCUT2D eigenvalue weighted by Gasteiger charge is -2.22. The minimum atomic E-state index is -1.04. The third kappa shape index (κ3) is 18.7. The van der Waals surface area contributed by atoms with Gasteiger partial charge in [-0.1, -0.05) is 12.1 Å². The summed E-state index contributed by atoms with van der Waals surface area (Å²) >= 11 is 0. The number of aryl methyl sites for hydroxylation is 2. The van der Waals surface area contributed by atoms with Crippen LogP contribution in [0.25, 0.3) is 0 Å². The zero-order valence-electron chi connectivity index (χ0n) is 30.2. The van der Waals surface area contributed by atoms with Gasteiger partial charge in [-0.3, -0.25) is 0 Å². The first-order valence-electron chi connectivity index (χ1n) is 16.2. The van der Waals surface area contributed by atoms with Crippen LogP contribution in [0, 0.1) is 0 Å². The van der Waals surface area contributed by atoms with Crippen LogP contribution < -0.4 is 29.4 Å². The summed E-state index contributed by atoms with van der Waals surface area (Å²) in [4.78, 5) is 0. The number of rotatable bonds is 16. The van der Waals surface area contributed by atoms with E-state index in [2.05, 4.69) is 35.9 Å². The summed E-state index contributed by atoms with van der Waals surface area (Å²) < 4.78 is 38.5. The van der Waals surface area contributed by atoms with Crippen molar-refractivity contribution in [2.75, 3.05) is 0 Å². The summed E-state index contributed by atoms with van der Waals surface area (Å²) in [6.45, 7) is 26.2. The van der Waals surface area contributed by atoms with Gasteiger partial charge in [0.05, 0.1) is 40.1 Å². The molecule has 2 aromatic carbocycles. The van der Waals surface area contributed by atoms with Gasteiger partial charge in [-0.25, -0.2) is 8.93 Å². The fraction of sp³-hybridized carbons (Fsp3) is 0.667. The monoisotopic (exact) mass is 670 g/mol. The molecule has 0 amide bonds. The number of nitrogens with one attached hydrogen (secondary N) is 1. The molecule has 0 aliphatic carbocycles. The lowest BCUT2D eigenvalue weighted by atomic mass is 10.1. The average molecular weight is 671 g/mol. The number of ether oxygens (including phenoxy) is 4. The second-order valence-electron chi connectivity index (χ2n) is 13.7. The number of benzene rings is 2. The third-order valence-electron chi connectivity index (χ3n) is 6.09. The second-order valence-corrected chi connectivity index (χ2v) is 15.7. The van der Waals surface area contributed by atoms with Crippen molar-refractivity contribution in [1.29, 1.82) is 0 Å².